The second kappa shape index (κ2) is 10.5. The summed E-state index contributed by atoms with van der Waals surface area (Å²) < 4.78 is 28.1. The van der Waals surface area contributed by atoms with Crippen LogP contribution in [0.5, 0.6) is 0 Å². The SMILES string of the molecule is Cc1cc(C)c(S(=O)(=O)N2CCC(C(=O)Nc3ccc(C(=O)NC4CCCC4)cc3)CC2)c(C)c1. The van der Waals surface area contributed by atoms with Crippen LogP contribution in [0.2, 0.25) is 0 Å². The lowest BCUT2D eigenvalue weighted by Gasteiger charge is -2.31. The predicted octanol–water partition coefficient (Wildman–Crippen LogP) is 4.32. The maximum absolute atomic E-state index is 13.3. The van der Waals surface area contributed by atoms with Gasteiger partial charge in [0.05, 0.1) is 4.90 Å². The van der Waals surface area contributed by atoms with Gasteiger partial charge in [-0.2, -0.15) is 4.31 Å². The van der Waals surface area contributed by atoms with Gasteiger partial charge < -0.3 is 10.6 Å². The first-order chi connectivity index (χ1) is 16.6. The molecule has 0 radical (unpaired) electrons. The minimum atomic E-state index is -3.61. The number of aryl methyl sites for hydroxylation is 3. The Morgan fingerprint density at radius 2 is 1.46 bits per heavy atom. The van der Waals surface area contributed by atoms with Gasteiger partial charge in [0.25, 0.3) is 5.91 Å². The van der Waals surface area contributed by atoms with Crippen molar-refractivity contribution in [3.63, 3.8) is 0 Å². The summed E-state index contributed by atoms with van der Waals surface area (Å²) in [4.78, 5) is 25.6. The highest BCUT2D eigenvalue weighted by atomic mass is 32.2. The van der Waals surface area contributed by atoms with Crippen LogP contribution in [0.15, 0.2) is 41.3 Å². The first-order valence-electron chi connectivity index (χ1n) is 12.4. The molecular formula is C27H35N3O4S. The summed E-state index contributed by atoms with van der Waals surface area (Å²) >= 11 is 0. The Morgan fingerprint density at radius 3 is 2.03 bits per heavy atom. The van der Waals surface area contributed by atoms with Crippen LogP contribution in [0.25, 0.3) is 0 Å². The minimum absolute atomic E-state index is 0.0811. The van der Waals surface area contributed by atoms with E-state index in [1.165, 1.54) is 4.31 Å². The summed E-state index contributed by atoms with van der Waals surface area (Å²) in [6.45, 7) is 6.24. The molecule has 2 amide bonds. The van der Waals surface area contributed by atoms with Crippen molar-refractivity contribution < 1.29 is 18.0 Å². The molecule has 0 spiro atoms. The van der Waals surface area contributed by atoms with Crippen molar-refractivity contribution >= 4 is 27.5 Å². The Labute approximate surface area is 208 Å². The van der Waals surface area contributed by atoms with E-state index in [-0.39, 0.29) is 23.8 Å². The van der Waals surface area contributed by atoms with Crippen molar-refractivity contribution in [2.75, 3.05) is 18.4 Å². The standard InChI is InChI=1S/C27H35N3O4S/c1-18-16-19(2)25(20(3)17-18)35(33,34)30-14-12-22(13-15-30)27(32)29-24-10-8-21(9-11-24)26(31)28-23-6-4-5-7-23/h8-11,16-17,22-23H,4-7,12-15H2,1-3H3,(H,28,31)(H,29,32). The van der Waals surface area contributed by atoms with Crippen LogP contribution in [0.3, 0.4) is 0 Å². The lowest BCUT2D eigenvalue weighted by atomic mass is 9.97. The van der Waals surface area contributed by atoms with Gasteiger partial charge in [-0.15, -0.1) is 0 Å². The summed E-state index contributed by atoms with van der Waals surface area (Å²) in [6.07, 6.45) is 5.32. The highest BCUT2D eigenvalue weighted by molar-refractivity contribution is 7.89. The smallest absolute Gasteiger partial charge is 0.251 e. The Balaban J connectivity index is 1.32. The zero-order chi connectivity index (χ0) is 25.2. The topological polar surface area (TPSA) is 95.6 Å². The van der Waals surface area contributed by atoms with Gasteiger partial charge in [0, 0.05) is 36.3 Å². The van der Waals surface area contributed by atoms with E-state index in [0.717, 1.165) is 42.4 Å². The van der Waals surface area contributed by atoms with Crippen molar-refractivity contribution in [2.24, 2.45) is 5.92 Å². The number of benzene rings is 2. The summed E-state index contributed by atoms with van der Waals surface area (Å²) in [5.74, 6) is -0.456. The fraction of sp³-hybridized carbons (Fsp3) is 0.481. The van der Waals surface area contributed by atoms with E-state index in [2.05, 4.69) is 10.6 Å². The number of amides is 2. The second-order valence-corrected chi connectivity index (χ2v) is 11.8. The molecule has 2 N–H and O–H groups in total. The van der Waals surface area contributed by atoms with Crippen molar-refractivity contribution in [1.82, 2.24) is 9.62 Å². The predicted molar refractivity (Wildman–Crippen MR) is 137 cm³/mol. The van der Waals surface area contributed by atoms with E-state index in [4.69, 9.17) is 0 Å². The van der Waals surface area contributed by atoms with Crippen molar-refractivity contribution in [3.8, 4) is 0 Å². The average Bonchev–Trinajstić information content (AvgIpc) is 3.31. The first-order valence-corrected chi connectivity index (χ1v) is 13.9. The van der Waals surface area contributed by atoms with Crippen LogP contribution < -0.4 is 10.6 Å². The lowest BCUT2D eigenvalue weighted by molar-refractivity contribution is -0.120. The number of nitrogens with one attached hydrogen (secondary N) is 2. The van der Waals surface area contributed by atoms with Gasteiger partial charge in [-0.1, -0.05) is 30.5 Å². The quantitative estimate of drug-likeness (QED) is 0.621. The largest absolute Gasteiger partial charge is 0.349 e. The molecule has 1 aliphatic heterocycles. The van der Waals surface area contributed by atoms with Gasteiger partial charge in [-0.3, -0.25) is 9.59 Å². The summed E-state index contributed by atoms with van der Waals surface area (Å²) in [6, 6.07) is 11.0. The lowest BCUT2D eigenvalue weighted by Crippen LogP contribution is -2.41. The van der Waals surface area contributed by atoms with Crippen molar-refractivity contribution in [3.05, 3.63) is 58.7 Å². The Bertz CT molecular complexity index is 1170. The number of rotatable bonds is 6. The Morgan fingerprint density at radius 1 is 0.886 bits per heavy atom. The van der Waals surface area contributed by atoms with Crippen molar-refractivity contribution in [2.45, 2.75) is 70.2 Å². The number of anilines is 1. The van der Waals surface area contributed by atoms with Crippen LogP contribution in [-0.4, -0.2) is 43.7 Å². The molecule has 0 aromatic heterocycles. The molecule has 0 atom stereocenters. The molecule has 1 saturated carbocycles. The zero-order valence-corrected chi connectivity index (χ0v) is 21.6. The molecule has 1 heterocycles. The normalized spacial score (nSPS) is 17.9. The van der Waals surface area contributed by atoms with Crippen molar-refractivity contribution in [1.29, 1.82) is 0 Å². The zero-order valence-electron chi connectivity index (χ0n) is 20.8. The Hall–Kier alpha value is -2.71. The molecule has 188 valence electrons. The highest BCUT2D eigenvalue weighted by Crippen LogP contribution is 2.29. The summed E-state index contributed by atoms with van der Waals surface area (Å²) in [5.41, 5.74) is 3.76. The van der Waals surface area contributed by atoms with E-state index < -0.39 is 10.0 Å². The van der Waals surface area contributed by atoms with Crippen LogP contribution in [0, 0.1) is 26.7 Å². The van der Waals surface area contributed by atoms with Crippen LogP contribution >= 0.6 is 0 Å². The summed E-state index contributed by atoms with van der Waals surface area (Å²) in [7, 11) is -3.61. The maximum atomic E-state index is 13.3. The fourth-order valence-electron chi connectivity index (χ4n) is 5.35. The monoisotopic (exact) mass is 497 g/mol. The average molecular weight is 498 g/mol. The molecule has 2 aromatic rings. The number of hydrogen-bond acceptors (Lipinski definition) is 4. The van der Waals surface area contributed by atoms with Crippen LogP contribution in [0.4, 0.5) is 5.69 Å². The third-order valence-electron chi connectivity index (χ3n) is 7.13. The van der Waals surface area contributed by atoms with Gasteiger partial charge in [0.2, 0.25) is 15.9 Å². The minimum Gasteiger partial charge on any atom is -0.349 e. The molecule has 7 nitrogen and oxygen atoms in total. The van der Waals surface area contributed by atoms with Gasteiger partial charge in [0.15, 0.2) is 0 Å². The number of hydrogen-bond donors (Lipinski definition) is 2. The number of nitrogens with zero attached hydrogens (tertiary/aromatic N) is 1. The van der Waals surface area contributed by atoms with E-state index >= 15 is 0 Å². The van der Waals surface area contributed by atoms with Gasteiger partial charge >= 0.3 is 0 Å². The molecule has 2 aromatic carbocycles. The van der Waals surface area contributed by atoms with E-state index in [0.29, 0.717) is 42.1 Å². The molecule has 2 aliphatic rings. The molecule has 0 unspecified atom stereocenters. The van der Waals surface area contributed by atoms with E-state index in [1.54, 1.807) is 24.3 Å². The van der Waals surface area contributed by atoms with Gasteiger partial charge in [-0.25, -0.2) is 8.42 Å². The molecule has 1 saturated heterocycles. The molecule has 8 heteroatoms. The second-order valence-electron chi connectivity index (χ2n) is 9.93. The highest BCUT2D eigenvalue weighted by Gasteiger charge is 2.33. The molecule has 35 heavy (non-hydrogen) atoms. The number of carbonyl (C=O) groups excluding carboxylic acids is 2. The van der Waals surface area contributed by atoms with Gasteiger partial charge in [0.1, 0.15) is 0 Å². The van der Waals surface area contributed by atoms with E-state index in [9.17, 15) is 18.0 Å². The maximum Gasteiger partial charge on any atom is 0.251 e. The number of sulfonamides is 1. The third kappa shape index (κ3) is 5.76. The number of piperidine rings is 1. The van der Waals surface area contributed by atoms with Crippen LogP contribution in [-0.2, 0) is 14.8 Å². The third-order valence-corrected chi connectivity index (χ3v) is 9.34. The van der Waals surface area contributed by atoms with Gasteiger partial charge in [-0.05, 0) is 81.8 Å². The van der Waals surface area contributed by atoms with Crippen LogP contribution in [0.1, 0.15) is 65.6 Å². The molecule has 1 aliphatic carbocycles. The molecular weight excluding hydrogens is 462 g/mol. The molecule has 0 bridgehead atoms. The summed E-state index contributed by atoms with van der Waals surface area (Å²) in [5, 5.41) is 5.99. The Kier molecular flexibility index (Phi) is 7.62. The first kappa shape index (κ1) is 25.4. The number of carbonyl (C=O) groups is 2. The molecule has 4 rings (SSSR count). The fourth-order valence-corrected chi connectivity index (χ4v) is 7.23. The molecule has 2 fully saturated rings. The van der Waals surface area contributed by atoms with E-state index in [1.807, 2.05) is 32.9 Å².